The summed E-state index contributed by atoms with van der Waals surface area (Å²) >= 11 is 0. The monoisotopic (exact) mass is 208 g/mol. The van der Waals surface area contributed by atoms with Crippen molar-refractivity contribution in [3.05, 3.63) is 17.0 Å². The number of fused-ring (bicyclic) bond motifs is 1. The second kappa shape index (κ2) is 3.94. The normalized spacial score (nSPS) is 17.1. The van der Waals surface area contributed by atoms with E-state index in [2.05, 4.69) is 35.6 Å². The van der Waals surface area contributed by atoms with Crippen LogP contribution in [0.1, 0.15) is 36.8 Å². The first-order valence-corrected chi connectivity index (χ1v) is 5.61. The van der Waals surface area contributed by atoms with Crippen LogP contribution in [0.4, 0.5) is 0 Å². The minimum atomic E-state index is 0.433. The molecule has 0 unspecified atom stereocenters. The standard InChI is InChI=1S/C11H20N4/c1-8(2)15-11-4-5-14(3)7-9(11)10(6-12)13-15/h8H,4-7,12H2,1-3H3. The summed E-state index contributed by atoms with van der Waals surface area (Å²) in [5.74, 6) is 0. The average Bonchev–Trinajstić information content (AvgIpc) is 2.55. The summed E-state index contributed by atoms with van der Waals surface area (Å²) in [5.41, 5.74) is 9.57. The van der Waals surface area contributed by atoms with Gasteiger partial charge in [0.05, 0.1) is 5.69 Å². The zero-order chi connectivity index (χ0) is 11.0. The van der Waals surface area contributed by atoms with Gasteiger partial charge in [-0.1, -0.05) is 0 Å². The molecule has 2 rings (SSSR count). The highest BCUT2D eigenvalue weighted by atomic mass is 15.3. The molecule has 2 heterocycles. The lowest BCUT2D eigenvalue weighted by Gasteiger charge is -2.24. The number of hydrogen-bond donors (Lipinski definition) is 1. The van der Waals surface area contributed by atoms with Gasteiger partial charge in [0, 0.05) is 43.4 Å². The zero-order valence-corrected chi connectivity index (χ0v) is 9.82. The Bertz CT molecular complexity index is 354. The third kappa shape index (κ3) is 1.79. The van der Waals surface area contributed by atoms with Crippen LogP contribution in [0.3, 0.4) is 0 Å². The van der Waals surface area contributed by atoms with E-state index in [0.29, 0.717) is 12.6 Å². The van der Waals surface area contributed by atoms with E-state index < -0.39 is 0 Å². The molecule has 0 saturated carbocycles. The predicted octanol–water partition coefficient (Wildman–Crippen LogP) is 0.911. The van der Waals surface area contributed by atoms with Crippen LogP contribution in [0, 0.1) is 0 Å². The van der Waals surface area contributed by atoms with Crippen molar-refractivity contribution in [1.82, 2.24) is 14.7 Å². The molecule has 0 bridgehead atoms. The van der Waals surface area contributed by atoms with Crippen LogP contribution in [-0.4, -0.2) is 28.3 Å². The fourth-order valence-electron chi connectivity index (χ4n) is 2.24. The highest BCUT2D eigenvalue weighted by Crippen LogP contribution is 2.23. The molecule has 0 saturated heterocycles. The number of nitrogens with two attached hydrogens (primary N) is 1. The van der Waals surface area contributed by atoms with Gasteiger partial charge in [-0.05, 0) is 20.9 Å². The zero-order valence-electron chi connectivity index (χ0n) is 9.82. The van der Waals surface area contributed by atoms with Crippen molar-refractivity contribution in [1.29, 1.82) is 0 Å². The van der Waals surface area contributed by atoms with Crippen molar-refractivity contribution in [3.8, 4) is 0 Å². The Morgan fingerprint density at radius 2 is 2.20 bits per heavy atom. The van der Waals surface area contributed by atoms with Crippen LogP contribution in [0.25, 0.3) is 0 Å². The Hall–Kier alpha value is -0.870. The summed E-state index contributed by atoms with van der Waals surface area (Å²) in [5, 5.41) is 4.61. The Kier molecular flexibility index (Phi) is 2.80. The van der Waals surface area contributed by atoms with Gasteiger partial charge in [0.15, 0.2) is 0 Å². The second-order valence-electron chi connectivity index (χ2n) is 4.60. The first-order chi connectivity index (χ1) is 7.13. The molecule has 2 N–H and O–H groups in total. The van der Waals surface area contributed by atoms with Gasteiger partial charge in [-0.25, -0.2) is 0 Å². The molecule has 1 aromatic heterocycles. The summed E-state index contributed by atoms with van der Waals surface area (Å²) in [4.78, 5) is 2.33. The predicted molar refractivity (Wildman–Crippen MR) is 60.5 cm³/mol. The second-order valence-corrected chi connectivity index (χ2v) is 4.60. The minimum absolute atomic E-state index is 0.433. The Labute approximate surface area is 91.1 Å². The van der Waals surface area contributed by atoms with Gasteiger partial charge in [0.2, 0.25) is 0 Å². The molecule has 0 spiro atoms. The first-order valence-electron chi connectivity index (χ1n) is 5.61. The quantitative estimate of drug-likeness (QED) is 0.786. The maximum atomic E-state index is 5.74. The van der Waals surface area contributed by atoms with Crippen LogP contribution < -0.4 is 5.73 Å². The Balaban J connectivity index is 2.45. The molecule has 1 aliphatic heterocycles. The molecule has 0 atom stereocenters. The number of rotatable bonds is 2. The highest BCUT2D eigenvalue weighted by molar-refractivity contribution is 5.29. The van der Waals surface area contributed by atoms with Crippen molar-refractivity contribution >= 4 is 0 Å². The average molecular weight is 208 g/mol. The molecule has 84 valence electrons. The van der Waals surface area contributed by atoms with Crippen molar-refractivity contribution in [2.45, 2.75) is 39.4 Å². The number of aromatic nitrogens is 2. The SMILES string of the molecule is CC(C)n1nc(CN)c2c1CCN(C)C2. The molecule has 0 aromatic carbocycles. The van der Waals surface area contributed by atoms with E-state index in [9.17, 15) is 0 Å². The number of hydrogen-bond acceptors (Lipinski definition) is 3. The van der Waals surface area contributed by atoms with E-state index in [1.54, 1.807) is 0 Å². The Morgan fingerprint density at radius 1 is 1.47 bits per heavy atom. The van der Waals surface area contributed by atoms with Crippen molar-refractivity contribution in [3.63, 3.8) is 0 Å². The molecular weight excluding hydrogens is 188 g/mol. The topological polar surface area (TPSA) is 47.1 Å². The van der Waals surface area contributed by atoms with E-state index in [-0.39, 0.29) is 0 Å². The van der Waals surface area contributed by atoms with E-state index in [1.807, 2.05) is 0 Å². The summed E-state index contributed by atoms with van der Waals surface area (Å²) in [6, 6.07) is 0.433. The van der Waals surface area contributed by atoms with E-state index in [4.69, 9.17) is 5.73 Å². The van der Waals surface area contributed by atoms with Gasteiger partial charge >= 0.3 is 0 Å². The molecule has 0 aliphatic carbocycles. The summed E-state index contributed by atoms with van der Waals surface area (Å²) in [6.07, 6.45) is 1.09. The van der Waals surface area contributed by atoms with Crippen molar-refractivity contribution < 1.29 is 0 Å². The van der Waals surface area contributed by atoms with Gasteiger partial charge in [-0.15, -0.1) is 0 Å². The maximum Gasteiger partial charge on any atom is 0.0808 e. The summed E-state index contributed by atoms with van der Waals surface area (Å²) in [7, 11) is 2.15. The van der Waals surface area contributed by atoms with Gasteiger partial charge < -0.3 is 10.6 Å². The van der Waals surface area contributed by atoms with Gasteiger partial charge in [0.25, 0.3) is 0 Å². The third-order valence-electron chi connectivity index (χ3n) is 3.04. The van der Waals surface area contributed by atoms with Crippen LogP contribution in [-0.2, 0) is 19.5 Å². The molecule has 0 radical (unpaired) electrons. The van der Waals surface area contributed by atoms with Crippen molar-refractivity contribution in [2.75, 3.05) is 13.6 Å². The van der Waals surface area contributed by atoms with E-state index >= 15 is 0 Å². The smallest absolute Gasteiger partial charge is 0.0808 e. The summed E-state index contributed by atoms with van der Waals surface area (Å²) < 4.78 is 2.14. The lowest BCUT2D eigenvalue weighted by atomic mass is 10.1. The maximum absolute atomic E-state index is 5.74. The highest BCUT2D eigenvalue weighted by Gasteiger charge is 2.23. The number of likely N-dealkylation sites (N-methyl/N-ethyl adjacent to an activating group) is 1. The van der Waals surface area contributed by atoms with E-state index in [1.165, 1.54) is 11.3 Å². The van der Waals surface area contributed by atoms with Crippen LogP contribution in [0.5, 0.6) is 0 Å². The fraction of sp³-hybridized carbons (Fsp3) is 0.727. The Morgan fingerprint density at radius 3 is 2.80 bits per heavy atom. The lowest BCUT2D eigenvalue weighted by Crippen LogP contribution is -2.28. The van der Waals surface area contributed by atoms with E-state index in [0.717, 1.165) is 25.2 Å². The molecule has 4 nitrogen and oxygen atoms in total. The molecule has 0 amide bonds. The van der Waals surface area contributed by atoms with Crippen LogP contribution in [0.15, 0.2) is 0 Å². The largest absolute Gasteiger partial charge is 0.325 e. The lowest BCUT2D eigenvalue weighted by molar-refractivity contribution is 0.305. The van der Waals surface area contributed by atoms with Crippen LogP contribution in [0.2, 0.25) is 0 Å². The molecule has 0 fully saturated rings. The molecule has 4 heteroatoms. The van der Waals surface area contributed by atoms with Crippen LogP contribution >= 0.6 is 0 Å². The minimum Gasteiger partial charge on any atom is -0.325 e. The van der Waals surface area contributed by atoms with Gasteiger partial charge in [-0.3, -0.25) is 4.68 Å². The molecule has 1 aliphatic rings. The molecular formula is C11H20N4. The fourth-order valence-corrected chi connectivity index (χ4v) is 2.24. The number of nitrogens with zero attached hydrogens (tertiary/aromatic N) is 3. The molecule has 15 heavy (non-hydrogen) atoms. The first kappa shape index (κ1) is 10.6. The third-order valence-corrected chi connectivity index (χ3v) is 3.04. The summed E-state index contributed by atoms with van der Waals surface area (Å²) in [6.45, 7) is 7.01. The van der Waals surface area contributed by atoms with Crippen molar-refractivity contribution in [2.24, 2.45) is 5.73 Å². The van der Waals surface area contributed by atoms with Gasteiger partial charge in [-0.2, -0.15) is 5.10 Å². The van der Waals surface area contributed by atoms with Gasteiger partial charge in [0.1, 0.15) is 0 Å². The molecule has 1 aromatic rings.